The Hall–Kier alpha value is 0. The highest BCUT2D eigenvalue weighted by Crippen LogP contribution is 2.24. The Bertz CT molecular complexity index is 269. The van der Waals surface area contributed by atoms with Crippen molar-refractivity contribution in [3.8, 4) is 0 Å². The lowest BCUT2D eigenvalue weighted by Gasteiger charge is -2.17. The monoisotopic (exact) mass is 408 g/mol. The van der Waals surface area contributed by atoms with Crippen molar-refractivity contribution in [2.24, 2.45) is 5.92 Å². The van der Waals surface area contributed by atoms with Gasteiger partial charge in [0.05, 0.1) is 0 Å². The molecular formula is C29H60. The lowest BCUT2D eigenvalue weighted by atomic mass is 9.89. The molecule has 0 aromatic carbocycles. The second-order valence-corrected chi connectivity index (χ2v) is 9.95. The second-order valence-electron chi connectivity index (χ2n) is 9.95. The van der Waals surface area contributed by atoms with Gasteiger partial charge in [-0.05, 0) is 5.92 Å². The summed E-state index contributed by atoms with van der Waals surface area (Å²) in [7, 11) is 0. The van der Waals surface area contributed by atoms with Gasteiger partial charge in [-0.1, -0.05) is 181 Å². The molecule has 0 radical (unpaired) electrons. The predicted octanol–water partition coefficient (Wildman–Crippen LogP) is 11.4. The van der Waals surface area contributed by atoms with Crippen LogP contribution in [0.25, 0.3) is 0 Å². The molecule has 0 rings (SSSR count). The first-order valence-electron chi connectivity index (χ1n) is 14.3. The van der Waals surface area contributed by atoms with Crippen LogP contribution >= 0.6 is 0 Å². The summed E-state index contributed by atoms with van der Waals surface area (Å²) < 4.78 is 0. The summed E-state index contributed by atoms with van der Waals surface area (Å²) in [6.07, 6.45) is 36.8. The van der Waals surface area contributed by atoms with Crippen molar-refractivity contribution >= 4 is 0 Å². The minimum Gasteiger partial charge on any atom is -0.0654 e. The fourth-order valence-electron chi connectivity index (χ4n) is 4.78. The van der Waals surface area contributed by atoms with E-state index >= 15 is 0 Å². The average Bonchev–Trinajstić information content (AvgIpc) is 2.73. The molecule has 29 heavy (non-hydrogen) atoms. The van der Waals surface area contributed by atoms with Gasteiger partial charge >= 0.3 is 0 Å². The maximum Gasteiger partial charge on any atom is -0.0414 e. The van der Waals surface area contributed by atoms with E-state index in [0.717, 1.165) is 5.92 Å². The van der Waals surface area contributed by atoms with Crippen molar-refractivity contribution in [3.63, 3.8) is 0 Å². The van der Waals surface area contributed by atoms with E-state index in [4.69, 9.17) is 0 Å². The van der Waals surface area contributed by atoms with Crippen molar-refractivity contribution in [2.45, 2.75) is 181 Å². The zero-order chi connectivity index (χ0) is 21.3. The Morgan fingerprint density at radius 2 is 0.483 bits per heavy atom. The van der Waals surface area contributed by atoms with Crippen molar-refractivity contribution < 1.29 is 0 Å². The van der Waals surface area contributed by atoms with Gasteiger partial charge in [-0.25, -0.2) is 0 Å². The quantitative estimate of drug-likeness (QED) is 0.132. The molecule has 0 fully saturated rings. The minimum atomic E-state index is 1.04. The van der Waals surface area contributed by atoms with Gasteiger partial charge in [0.25, 0.3) is 0 Å². The van der Waals surface area contributed by atoms with Crippen molar-refractivity contribution in [1.29, 1.82) is 0 Å². The molecule has 0 aliphatic rings. The first-order chi connectivity index (χ1) is 14.3. The van der Waals surface area contributed by atoms with Crippen LogP contribution in [0.5, 0.6) is 0 Å². The van der Waals surface area contributed by atoms with Crippen LogP contribution in [-0.2, 0) is 0 Å². The molecule has 1 unspecified atom stereocenters. The molecule has 0 saturated carbocycles. The largest absolute Gasteiger partial charge is 0.0654 e. The summed E-state index contributed by atoms with van der Waals surface area (Å²) >= 11 is 0. The molecular weight excluding hydrogens is 348 g/mol. The van der Waals surface area contributed by atoms with E-state index in [1.807, 2.05) is 0 Å². The summed E-state index contributed by atoms with van der Waals surface area (Å²) in [5, 5.41) is 0. The van der Waals surface area contributed by atoms with Crippen LogP contribution in [0.15, 0.2) is 0 Å². The maximum atomic E-state index is 2.33. The number of unbranched alkanes of at least 4 members (excludes halogenated alkanes) is 19. The summed E-state index contributed by atoms with van der Waals surface area (Å²) in [6.45, 7) is 6.96. The number of hydrogen-bond acceptors (Lipinski definition) is 0. The summed E-state index contributed by atoms with van der Waals surface area (Å²) in [6, 6.07) is 0. The van der Waals surface area contributed by atoms with E-state index in [-0.39, 0.29) is 0 Å². The first-order valence-corrected chi connectivity index (χ1v) is 14.3. The van der Waals surface area contributed by atoms with Gasteiger partial charge in [0.2, 0.25) is 0 Å². The average molecular weight is 409 g/mol. The summed E-state index contributed by atoms with van der Waals surface area (Å²) in [5.41, 5.74) is 0. The number of hydrogen-bond donors (Lipinski definition) is 0. The SMILES string of the molecule is CCCCCCCCCCCCCCCC(CCCCCC)CCCCCCC. The van der Waals surface area contributed by atoms with E-state index in [0.29, 0.717) is 0 Å². The molecule has 0 aliphatic heterocycles. The summed E-state index contributed by atoms with van der Waals surface area (Å²) in [4.78, 5) is 0. The first kappa shape index (κ1) is 29.0. The van der Waals surface area contributed by atoms with E-state index in [2.05, 4.69) is 20.8 Å². The third-order valence-corrected chi connectivity index (χ3v) is 6.90. The Morgan fingerprint density at radius 3 is 0.759 bits per heavy atom. The van der Waals surface area contributed by atoms with Crippen molar-refractivity contribution in [1.82, 2.24) is 0 Å². The molecule has 0 heteroatoms. The highest BCUT2D eigenvalue weighted by Gasteiger charge is 2.08. The smallest absolute Gasteiger partial charge is 0.0414 e. The molecule has 0 N–H and O–H groups in total. The molecule has 0 aromatic rings. The van der Waals surface area contributed by atoms with Crippen LogP contribution in [0.3, 0.4) is 0 Å². The maximum absolute atomic E-state index is 2.33. The third kappa shape index (κ3) is 24.1. The Labute approximate surface area is 187 Å². The molecule has 0 spiro atoms. The van der Waals surface area contributed by atoms with Crippen LogP contribution in [-0.4, -0.2) is 0 Å². The molecule has 0 heterocycles. The van der Waals surface area contributed by atoms with Gasteiger partial charge in [-0.3, -0.25) is 0 Å². The van der Waals surface area contributed by atoms with Crippen molar-refractivity contribution in [3.05, 3.63) is 0 Å². The van der Waals surface area contributed by atoms with Crippen LogP contribution < -0.4 is 0 Å². The number of rotatable bonds is 25. The second kappa shape index (κ2) is 26.0. The zero-order valence-corrected chi connectivity index (χ0v) is 21.3. The molecule has 0 amide bonds. The normalized spacial score (nSPS) is 12.5. The highest BCUT2D eigenvalue weighted by molar-refractivity contribution is 4.62. The standard InChI is InChI=1S/C29H60/c1-4-7-10-13-14-15-16-17-18-19-20-22-25-28-29(26-23-12-9-6-3)27-24-21-11-8-5-2/h29H,4-28H2,1-3H3. The fourth-order valence-corrected chi connectivity index (χ4v) is 4.78. The highest BCUT2D eigenvalue weighted by atomic mass is 14.1. The van der Waals surface area contributed by atoms with Gasteiger partial charge in [0.15, 0.2) is 0 Å². The van der Waals surface area contributed by atoms with Crippen LogP contribution in [0.1, 0.15) is 181 Å². The van der Waals surface area contributed by atoms with E-state index in [1.165, 1.54) is 161 Å². The molecule has 1 atom stereocenters. The molecule has 0 nitrogen and oxygen atoms in total. The van der Waals surface area contributed by atoms with Crippen molar-refractivity contribution in [2.75, 3.05) is 0 Å². The third-order valence-electron chi connectivity index (χ3n) is 6.90. The van der Waals surface area contributed by atoms with Crippen LogP contribution in [0.4, 0.5) is 0 Å². The van der Waals surface area contributed by atoms with Gasteiger partial charge < -0.3 is 0 Å². The Morgan fingerprint density at radius 1 is 0.276 bits per heavy atom. The van der Waals surface area contributed by atoms with Crippen LogP contribution in [0, 0.1) is 5.92 Å². The lowest BCUT2D eigenvalue weighted by Crippen LogP contribution is -2.01. The van der Waals surface area contributed by atoms with Crippen LogP contribution in [0.2, 0.25) is 0 Å². The Balaban J connectivity index is 3.56. The Kier molecular flexibility index (Phi) is 26.0. The van der Waals surface area contributed by atoms with E-state index in [9.17, 15) is 0 Å². The summed E-state index contributed by atoms with van der Waals surface area (Å²) in [5.74, 6) is 1.04. The lowest BCUT2D eigenvalue weighted by molar-refractivity contribution is 0.366. The fraction of sp³-hybridized carbons (Fsp3) is 1.00. The minimum absolute atomic E-state index is 1.04. The van der Waals surface area contributed by atoms with Gasteiger partial charge in [0, 0.05) is 0 Å². The topological polar surface area (TPSA) is 0 Å². The molecule has 0 aliphatic carbocycles. The molecule has 176 valence electrons. The van der Waals surface area contributed by atoms with E-state index in [1.54, 1.807) is 0 Å². The molecule has 0 bridgehead atoms. The molecule has 0 aromatic heterocycles. The van der Waals surface area contributed by atoms with Gasteiger partial charge in [-0.15, -0.1) is 0 Å². The van der Waals surface area contributed by atoms with Gasteiger partial charge in [0.1, 0.15) is 0 Å². The zero-order valence-electron chi connectivity index (χ0n) is 21.3. The van der Waals surface area contributed by atoms with Gasteiger partial charge in [-0.2, -0.15) is 0 Å². The van der Waals surface area contributed by atoms with E-state index < -0.39 is 0 Å². The molecule has 0 saturated heterocycles. The predicted molar refractivity (Wildman–Crippen MR) is 136 cm³/mol.